The van der Waals surface area contributed by atoms with Crippen molar-refractivity contribution in [2.75, 3.05) is 6.54 Å². The first-order valence-electron chi connectivity index (χ1n) is 8.06. The van der Waals surface area contributed by atoms with Gasteiger partial charge in [-0.1, -0.05) is 0 Å². The maximum Gasteiger partial charge on any atom is 0.357 e. The molecule has 1 aromatic carbocycles. The number of aromatic nitrogens is 5. The summed E-state index contributed by atoms with van der Waals surface area (Å²) in [4.78, 5) is 27.8. The van der Waals surface area contributed by atoms with Gasteiger partial charge in [-0.25, -0.2) is 9.78 Å². The van der Waals surface area contributed by atoms with Crippen LogP contribution in [0.3, 0.4) is 0 Å². The highest BCUT2D eigenvalue weighted by Crippen LogP contribution is 2.18. The summed E-state index contributed by atoms with van der Waals surface area (Å²) < 4.78 is 5.22. The highest BCUT2D eigenvalue weighted by molar-refractivity contribution is 6.04. The molecule has 0 aliphatic heterocycles. The highest BCUT2D eigenvalue weighted by atomic mass is 16.4. The van der Waals surface area contributed by atoms with Crippen LogP contribution < -0.4 is 5.32 Å². The van der Waals surface area contributed by atoms with Gasteiger partial charge >= 0.3 is 5.97 Å². The number of nitrogens with one attached hydrogen (secondary N) is 3. The normalized spacial score (nSPS) is 11.0. The van der Waals surface area contributed by atoms with Crippen LogP contribution in [0.15, 0.2) is 41.0 Å². The highest BCUT2D eigenvalue weighted by Gasteiger charge is 2.15. The molecule has 4 aromatic rings. The van der Waals surface area contributed by atoms with E-state index < -0.39 is 5.97 Å². The first-order valence-corrected chi connectivity index (χ1v) is 8.06. The molecule has 136 valence electrons. The first-order chi connectivity index (χ1) is 13.1. The number of aromatic carboxylic acids is 1. The molecule has 10 nitrogen and oxygen atoms in total. The molecule has 0 spiro atoms. The van der Waals surface area contributed by atoms with Gasteiger partial charge in [0.05, 0.1) is 11.8 Å². The van der Waals surface area contributed by atoms with Crippen molar-refractivity contribution in [2.45, 2.75) is 6.42 Å². The number of carboxylic acid groups (broad SMARTS) is 1. The van der Waals surface area contributed by atoms with Gasteiger partial charge in [0, 0.05) is 23.9 Å². The van der Waals surface area contributed by atoms with Gasteiger partial charge in [-0.3, -0.25) is 15.0 Å². The number of carboxylic acids is 1. The molecular formula is C17H14N6O4. The van der Waals surface area contributed by atoms with Crippen molar-refractivity contribution in [1.82, 2.24) is 30.7 Å². The summed E-state index contributed by atoms with van der Waals surface area (Å²) in [7, 11) is 0. The van der Waals surface area contributed by atoms with Crippen molar-refractivity contribution in [3.63, 3.8) is 0 Å². The number of amides is 1. The molecule has 4 rings (SSSR count). The molecule has 4 N–H and O–H groups in total. The maximum absolute atomic E-state index is 12.3. The molecular weight excluding hydrogens is 352 g/mol. The topological polar surface area (TPSA) is 150 Å². The quantitative estimate of drug-likeness (QED) is 0.405. The zero-order chi connectivity index (χ0) is 18.8. The van der Waals surface area contributed by atoms with Crippen molar-refractivity contribution >= 4 is 22.8 Å². The summed E-state index contributed by atoms with van der Waals surface area (Å²) in [6.07, 6.45) is 1.99. The molecule has 0 unspecified atom stereocenters. The number of rotatable bonds is 6. The summed E-state index contributed by atoms with van der Waals surface area (Å²) in [5.74, 6) is 0.147. The van der Waals surface area contributed by atoms with Crippen molar-refractivity contribution in [2.24, 2.45) is 0 Å². The average Bonchev–Trinajstić information content (AvgIpc) is 3.40. The Kier molecular flexibility index (Phi) is 4.13. The van der Waals surface area contributed by atoms with Crippen LogP contribution in [-0.2, 0) is 6.42 Å². The lowest BCUT2D eigenvalue weighted by molar-refractivity contribution is 0.0692. The predicted molar refractivity (Wildman–Crippen MR) is 93.2 cm³/mol. The number of hydrogen-bond donors (Lipinski definition) is 4. The number of fused-ring (bicyclic) bond motifs is 1. The third kappa shape index (κ3) is 3.27. The van der Waals surface area contributed by atoms with Crippen molar-refractivity contribution in [1.29, 1.82) is 0 Å². The molecule has 0 aliphatic carbocycles. The van der Waals surface area contributed by atoms with Gasteiger partial charge in [0.25, 0.3) is 5.91 Å². The SMILES string of the molecule is O=C(NCCc1nc(-c2ccco2)n[nH]1)c1ccc2[nH]nc(C(=O)O)c2c1. The van der Waals surface area contributed by atoms with Gasteiger partial charge in [0.2, 0.25) is 5.82 Å². The van der Waals surface area contributed by atoms with Crippen LogP contribution in [0.1, 0.15) is 26.7 Å². The minimum absolute atomic E-state index is 0.119. The zero-order valence-corrected chi connectivity index (χ0v) is 13.9. The van der Waals surface area contributed by atoms with Crippen LogP contribution in [0.2, 0.25) is 0 Å². The summed E-state index contributed by atoms with van der Waals surface area (Å²) in [6, 6.07) is 8.23. The number of furan rings is 1. The second kappa shape index (κ2) is 6.75. The molecule has 0 saturated heterocycles. The number of nitrogens with zero attached hydrogens (tertiary/aromatic N) is 3. The molecule has 3 aromatic heterocycles. The number of H-pyrrole nitrogens is 2. The number of hydrogen-bond acceptors (Lipinski definition) is 6. The molecule has 3 heterocycles. The predicted octanol–water partition coefficient (Wildman–Crippen LogP) is 1.61. The second-order valence-electron chi connectivity index (χ2n) is 5.73. The maximum atomic E-state index is 12.3. The van der Waals surface area contributed by atoms with E-state index in [1.165, 1.54) is 12.3 Å². The number of aromatic amines is 2. The van der Waals surface area contributed by atoms with Gasteiger partial charge in [0.1, 0.15) is 5.82 Å². The van der Waals surface area contributed by atoms with E-state index in [1.807, 2.05) is 0 Å². The standard InChI is InChI=1S/C17H14N6O4/c24-16(9-3-4-11-10(8-9)14(17(25)26)22-20-11)18-6-5-13-19-15(23-21-13)12-2-1-7-27-12/h1-4,7-8H,5-6H2,(H,18,24)(H,20,22)(H,25,26)(H,19,21,23). The van der Waals surface area contributed by atoms with Crippen LogP contribution in [0.4, 0.5) is 0 Å². The smallest absolute Gasteiger partial charge is 0.357 e. The lowest BCUT2D eigenvalue weighted by Gasteiger charge is -2.04. The van der Waals surface area contributed by atoms with Gasteiger partial charge in [0.15, 0.2) is 11.5 Å². The van der Waals surface area contributed by atoms with Crippen molar-refractivity contribution in [3.8, 4) is 11.6 Å². The zero-order valence-electron chi connectivity index (χ0n) is 13.9. The molecule has 0 saturated carbocycles. The Morgan fingerprint density at radius 2 is 2.07 bits per heavy atom. The summed E-state index contributed by atoms with van der Waals surface area (Å²) in [6.45, 7) is 0.334. The Labute approximate surface area is 151 Å². The molecule has 27 heavy (non-hydrogen) atoms. The lowest BCUT2D eigenvalue weighted by atomic mass is 10.1. The van der Waals surface area contributed by atoms with E-state index in [1.54, 1.807) is 24.3 Å². The number of benzene rings is 1. The van der Waals surface area contributed by atoms with Gasteiger partial charge in [-0.2, -0.15) is 10.2 Å². The minimum Gasteiger partial charge on any atom is -0.476 e. The largest absolute Gasteiger partial charge is 0.476 e. The summed E-state index contributed by atoms with van der Waals surface area (Å²) >= 11 is 0. The molecule has 10 heteroatoms. The van der Waals surface area contributed by atoms with E-state index in [2.05, 4.69) is 30.7 Å². The Balaban J connectivity index is 1.40. The summed E-state index contributed by atoms with van der Waals surface area (Å²) in [5.41, 5.74) is 0.781. The van der Waals surface area contributed by atoms with E-state index in [4.69, 9.17) is 9.52 Å². The molecule has 0 atom stereocenters. The molecule has 0 aliphatic rings. The van der Waals surface area contributed by atoms with E-state index >= 15 is 0 Å². The van der Waals surface area contributed by atoms with Crippen molar-refractivity contribution in [3.05, 3.63) is 53.7 Å². The van der Waals surface area contributed by atoms with Crippen LogP contribution in [0.25, 0.3) is 22.5 Å². The molecule has 0 fully saturated rings. The fourth-order valence-electron chi connectivity index (χ4n) is 2.64. The monoisotopic (exact) mass is 366 g/mol. The van der Waals surface area contributed by atoms with Gasteiger partial charge in [-0.15, -0.1) is 0 Å². The van der Waals surface area contributed by atoms with Crippen LogP contribution in [-0.4, -0.2) is 48.9 Å². The van der Waals surface area contributed by atoms with E-state index in [0.29, 0.717) is 46.8 Å². The van der Waals surface area contributed by atoms with E-state index in [-0.39, 0.29) is 11.6 Å². The molecule has 0 bridgehead atoms. The lowest BCUT2D eigenvalue weighted by Crippen LogP contribution is -2.25. The third-order valence-corrected chi connectivity index (χ3v) is 3.95. The fraction of sp³-hybridized carbons (Fsp3) is 0.118. The van der Waals surface area contributed by atoms with Crippen LogP contribution in [0.5, 0.6) is 0 Å². The Hall–Kier alpha value is -3.95. The minimum atomic E-state index is -1.16. The fourth-order valence-corrected chi connectivity index (χ4v) is 2.64. The Morgan fingerprint density at radius 3 is 2.85 bits per heavy atom. The first kappa shape index (κ1) is 16.5. The second-order valence-corrected chi connectivity index (χ2v) is 5.73. The Morgan fingerprint density at radius 1 is 1.19 bits per heavy atom. The molecule has 0 radical (unpaired) electrons. The third-order valence-electron chi connectivity index (χ3n) is 3.95. The van der Waals surface area contributed by atoms with Gasteiger partial charge in [-0.05, 0) is 30.3 Å². The van der Waals surface area contributed by atoms with Gasteiger partial charge < -0.3 is 14.8 Å². The van der Waals surface area contributed by atoms with Crippen molar-refractivity contribution < 1.29 is 19.1 Å². The van der Waals surface area contributed by atoms with E-state index in [9.17, 15) is 9.59 Å². The number of carbonyl (C=O) groups excluding carboxylic acids is 1. The van der Waals surface area contributed by atoms with Crippen LogP contribution in [0, 0.1) is 0 Å². The molecule has 1 amide bonds. The number of carbonyl (C=O) groups is 2. The van der Waals surface area contributed by atoms with E-state index in [0.717, 1.165) is 0 Å². The Bertz CT molecular complexity index is 1110. The average molecular weight is 366 g/mol. The summed E-state index contributed by atoms with van der Waals surface area (Å²) in [5, 5.41) is 25.5. The van der Waals surface area contributed by atoms with Crippen LogP contribution >= 0.6 is 0 Å².